The van der Waals surface area contributed by atoms with Gasteiger partial charge in [-0.1, -0.05) is 29.8 Å². The Labute approximate surface area is 117 Å². The fraction of sp³-hybridized carbons (Fsp3) is 0.286. The number of hydrogen-bond acceptors (Lipinski definition) is 4. The molecule has 1 aromatic carbocycles. The molecule has 1 aliphatic heterocycles. The molecule has 0 radical (unpaired) electrons. The number of rotatable bonds is 2. The van der Waals surface area contributed by atoms with E-state index in [-0.39, 0.29) is 0 Å². The SMILES string of the molecule is COc1c(Cl)ncnc1N1c2ccccc2CC1C. The highest BCUT2D eigenvalue weighted by Gasteiger charge is 2.30. The molecule has 0 fully saturated rings. The zero-order valence-electron chi connectivity index (χ0n) is 10.8. The van der Waals surface area contributed by atoms with Crippen LogP contribution >= 0.6 is 11.6 Å². The maximum Gasteiger partial charge on any atom is 0.199 e. The molecule has 0 saturated carbocycles. The van der Waals surface area contributed by atoms with Crippen molar-refractivity contribution < 1.29 is 4.74 Å². The molecular formula is C14H14ClN3O. The zero-order chi connectivity index (χ0) is 13.4. The van der Waals surface area contributed by atoms with Crippen LogP contribution < -0.4 is 9.64 Å². The van der Waals surface area contributed by atoms with Crippen LogP contribution in [0.15, 0.2) is 30.6 Å². The van der Waals surface area contributed by atoms with Gasteiger partial charge in [-0.05, 0) is 25.0 Å². The van der Waals surface area contributed by atoms with Crippen LogP contribution in [-0.4, -0.2) is 23.1 Å². The van der Waals surface area contributed by atoms with Gasteiger partial charge in [-0.15, -0.1) is 0 Å². The van der Waals surface area contributed by atoms with E-state index in [4.69, 9.17) is 16.3 Å². The Kier molecular flexibility index (Phi) is 3.03. The Balaban J connectivity index is 2.15. The smallest absolute Gasteiger partial charge is 0.199 e. The minimum atomic E-state index is 0.317. The van der Waals surface area contributed by atoms with Crippen LogP contribution in [0.3, 0.4) is 0 Å². The molecule has 0 spiro atoms. The Hall–Kier alpha value is -1.81. The molecule has 0 N–H and O–H groups in total. The van der Waals surface area contributed by atoms with Gasteiger partial charge in [0.05, 0.1) is 7.11 Å². The molecule has 1 aliphatic rings. The van der Waals surface area contributed by atoms with Crippen LogP contribution in [0.5, 0.6) is 5.75 Å². The molecule has 0 aliphatic carbocycles. The molecule has 0 saturated heterocycles. The Bertz CT molecular complexity index is 617. The lowest BCUT2D eigenvalue weighted by Crippen LogP contribution is -2.25. The first-order valence-electron chi connectivity index (χ1n) is 6.14. The fourth-order valence-electron chi connectivity index (χ4n) is 2.58. The second-order valence-electron chi connectivity index (χ2n) is 4.57. The van der Waals surface area contributed by atoms with E-state index in [1.165, 1.54) is 11.9 Å². The molecule has 98 valence electrons. The Morgan fingerprint density at radius 1 is 1.32 bits per heavy atom. The van der Waals surface area contributed by atoms with E-state index < -0.39 is 0 Å². The average Bonchev–Trinajstić information content (AvgIpc) is 2.74. The second kappa shape index (κ2) is 4.70. The lowest BCUT2D eigenvalue weighted by Gasteiger charge is -2.25. The monoisotopic (exact) mass is 275 g/mol. The van der Waals surface area contributed by atoms with Gasteiger partial charge in [0, 0.05) is 11.7 Å². The molecule has 3 rings (SSSR count). The summed E-state index contributed by atoms with van der Waals surface area (Å²) in [5, 5.41) is 0.337. The van der Waals surface area contributed by atoms with Crippen LogP contribution in [0.1, 0.15) is 12.5 Å². The lowest BCUT2D eigenvalue weighted by atomic mass is 10.1. The molecule has 1 unspecified atom stereocenters. The van der Waals surface area contributed by atoms with Gasteiger partial charge in [0.2, 0.25) is 0 Å². The number of halogens is 1. The van der Waals surface area contributed by atoms with Gasteiger partial charge in [-0.3, -0.25) is 0 Å². The molecule has 0 amide bonds. The van der Waals surface area contributed by atoms with Crippen LogP contribution in [0.4, 0.5) is 11.5 Å². The number of nitrogens with zero attached hydrogens (tertiary/aromatic N) is 3. The first-order chi connectivity index (χ1) is 9.22. The van der Waals surface area contributed by atoms with Gasteiger partial charge in [-0.2, -0.15) is 0 Å². The maximum absolute atomic E-state index is 6.08. The molecule has 4 nitrogen and oxygen atoms in total. The third-order valence-corrected chi connectivity index (χ3v) is 3.65. The number of hydrogen-bond donors (Lipinski definition) is 0. The summed E-state index contributed by atoms with van der Waals surface area (Å²) in [6, 6.07) is 8.63. The zero-order valence-corrected chi connectivity index (χ0v) is 11.6. The van der Waals surface area contributed by atoms with Crippen molar-refractivity contribution in [3.8, 4) is 5.75 Å². The van der Waals surface area contributed by atoms with Crippen LogP contribution in [0.25, 0.3) is 0 Å². The topological polar surface area (TPSA) is 38.3 Å². The number of para-hydroxylation sites is 1. The highest BCUT2D eigenvalue weighted by Crippen LogP contribution is 2.42. The normalized spacial score (nSPS) is 17.4. The predicted molar refractivity (Wildman–Crippen MR) is 75.3 cm³/mol. The minimum Gasteiger partial charge on any atom is -0.490 e. The fourth-order valence-corrected chi connectivity index (χ4v) is 2.78. The van der Waals surface area contributed by atoms with Gasteiger partial charge in [0.15, 0.2) is 16.7 Å². The molecule has 1 atom stereocenters. The van der Waals surface area contributed by atoms with E-state index in [2.05, 4.69) is 40.0 Å². The highest BCUT2D eigenvalue weighted by molar-refractivity contribution is 6.31. The summed E-state index contributed by atoms with van der Waals surface area (Å²) in [5.74, 6) is 1.24. The molecule has 2 aromatic rings. The van der Waals surface area contributed by atoms with E-state index in [9.17, 15) is 0 Å². The van der Waals surface area contributed by atoms with Gasteiger partial charge in [0.25, 0.3) is 0 Å². The number of benzene rings is 1. The number of anilines is 2. The summed E-state index contributed by atoms with van der Waals surface area (Å²) >= 11 is 6.08. The molecule has 1 aromatic heterocycles. The molecular weight excluding hydrogens is 262 g/mol. The van der Waals surface area contributed by atoms with Crippen molar-refractivity contribution >= 4 is 23.1 Å². The molecule has 2 heterocycles. The van der Waals surface area contributed by atoms with Crippen LogP contribution in [0.2, 0.25) is 5.15 Å². The van der Waals surface area contributed by atoms with E-state index >= 15 is 0 Å². The lowest BCUT2D eigenvalue weighted by molar-refractivity contribution is 0.411. The van der Waals surface area contributed by atoms with Crippen molar-refractivity contribution in [2.75, 3.05) is 12.0 Å². The van der Waals surface area contributed by atoms with E-state index in [1.807, 2.05) is 6.07 Å². The summed E-state index contributed by atoms with van der Waals surface area (Å²) in [6.07, 6.45) is 2.45. The van der Waals surface area contributed by atoms with Crippen LogP contribution in [0, 0.1) is 0 Å². The number of ether oxygens (including phenoxy) is 1. The van der Waals surface area contributed by atoms with Gasteiger partial charge < -0.3 is 9.64 Å². The number of fused-ring (bicyclic) bond motifs is 1. The van der Waals surface area contributed by atoms with Crippen molar-refractivity contribution in [1.29, 1.82) is 0 Å². The van der Waals surface area contributed by atoms with Crippen molar-refractivity contribution in [2.45, 2.75) is 19.4 Å². The maximum atomic E-state index is 6.08. The van der Waals surface area contributed by atoms with Crippen molar-refractivity contribution in [3.05, 3.63) is 41.3 Å². The molecule has 19 heavy (non-hydrogen) atoms. The first-order valence-corrected chi connectivity index (χ1v) is 6.51. The third kappa shape index (κ3) is 1.92. The van der Waals surface area contributed by atoms with E-state index in [1.54, 1.807) is 7.11 Å². The van der Waals surface area contributed by atoms with Crippen molar-refractivity contribution in [2.24, 2.45) is 0 Å². The Morgan fingerprint density at radius 2 is 2.11 bits per heavy atom. The van der Waals surface area contributed by atoms with Crippen molar-refractivity contribution in [1.82, 2.24) is 9.97 Å². The summed E-state index contributed by atoms with van der Waals surface area (Å²) in [6.45, 7) is 2.16. The summed E-state index contributed by atoms with van der Waals surface area (Å²) in [7, 11) is 1.58. The standard InChI is InChI=1S/C14H14ClN3O/c1-9-7-10-5-3-4-6-11(10)18(9)14-12(19-2)13(15)16-8-17-14/h3-6,8-9H,7H2,1-2H3. The molecule has 5 heteroatoms. The van der Waals surface area contributed by atoms with Gasteiger partial charge in [-0.25, -0.2) is 9.97 Å². The minimum absolute atomic E-state index is 0.317. The predicted octanol–water partition coefficient (Wildman–Crippen LogP) is 3.22. The third-order valence-electron chi connectivity index (χ3n) is 3.38. The van der Waals surface area contributed by atoms with Gasteiger partial charge >= 0.3 is 0 Å². The number of methoxy groups -OCH3 is 1. The first kappa shape index (κ1) is 12.2. The summed E-state index contributed by atoms with van der Waals surface area (Å²) < 4.78 is 5.35. The second-order valence-corrected chi connectivity index (χ2v) is 4.93. The largest absolute Gasteiger partial charge is 0.490 e. The summed E-state index contributed by atoms with van der Waals surface area (Å²) in [4.78, 5) is 10.5. The van der Waals surface area contributed by atoms with E-state index in [0.29, 0.717) is 16.9 Å². The quantitative estimate of drug-likeness (QED) is 0.789. The van der Waals surface area contributed by atoms with Gasteiger partial charge in [0.1, 0.15) is 6.33 Å². The Morgan fingerprint density at radius 3 is 2.89 bits per heavy atom. The number of aromatic nitrogens is 2. The highest BCUT2D eigenvalue weighted by atomic mass is 35.5. The van der Waals surface area contributed by atoms with Crippen LogP contribution in [-0.2, 0) is 6.42 Å². The van der Waals surface area contributed by atoms with Crippen molar-refractivity contribution in [3.63, 3.8) is 0 Å². The molecule has 0 bridgehead atoms. The summed E-state index contributed by atoms with van der Waals surface area (Å²) in [5.41, 5.74) is 2.47. The van der Waals surface area contributed by atoms with E-state index in [0.717, 1.165) is 17.9 Å². The average molecular weight is 276 g/mol.